The van der Waals surface area contributed by atoms with Gasteiger partial charge in [0.05, 0.1) is 11.8 Å². The fourth-order valence-corrected chi connectivity index (χ4v) is 9.10. The Labute approximate surface area is 230 Å². The number of allylic oxidation sites excluding steroid dienone is 2. The number of unbranched alkanes of at least 4 members (excludes halogenated alkanes) is 4. The second kappa shape index (κ2) is 11.6. The van der Waals surface area contributed by atoms with E-state index in [9.17, 15) is 18.1 Å². The van der Waals surface area contributed by atoms with Crippen molar-refractivity contribution >= 4 is 16.0 Å². The predicted molar refractivity (Wildman–Crippen MR) is 154 cm³/mol. The van der Waals surface area contributed by atoms with Gasteiger partial charge in [0.25, 0.3) is 0 Å². The number of aliphatic hydroxyl groups is 1. The SMILES string of the molecule is C[C@]12CCC3c4ccc(NS(=O)(=O)O)cc4CCC3(C=CCCCCCCN3CCCCC3)C1CC[C@@H]2O. The number of fused-ring (bicyclic) bond motifs is 5. The molecule has 212 valence electrons. The third-order valence-electron chi connectivity index (χ3n) is 10.6. The fourth-order valence-electron chi connectivity index (χ4n) is 8.68. The molecule has 1 heterocycles. The van der Waals surface area contributed by atoms with E-state index in [2.05, 4.69) is 34.8 Å². The highest BCUT2D eigenvalue weighted by molar-refractivity contribution is 7.87. The molecule has 1 saturated heterocycles. The van der Waals surface area contributed by atoms with Crippen LogP contribution in [0, 0.1) is 16.7 Å². The lowest BCUT2D eigenvalue weighted by atomic mass is 9.47. The van der Waals surface area contributed by atoms with E-state index < -0.39 is 10.3 Å². The summed E-state index contributed by atoms with van der Waals surface area (Å²) in [7, 11) is -4.29. The van der Waals surface area contributed by atoms with Gasteiger partial charge < -0.3 is 10.0 Å². The monoisotopic (exact) mass is 544 g/mol. The van der Waals surface area contributed by atoms with Crippen LogP contribution in [-0.4, -0.2) is 48.7 Å². The van der Waals surface area contributed by atoms with E-state index in [0.717, 1.165) is 44.9 Å². The molecule has 0 aromatic heterocycles. The average Bonchev–Trinajstić information content (AvgIpc) is 3.20. The number of nitrogens with one attached hydrogen (secondary N) is 1. The van der Waals surface area contributed by atoms with Crippen molar-refractivity contribution in [3.05, 3.63) is 41.5 Å². The van der Waals surface area contributed by atoms with E-state index in [4.69, 9.17) is 0 Å². The van der Waals surface area contributed by atoms with E-state index in [1.807, 2.05) is 6.07 Å². The number of aliphatic hydroxyl groups excluding tert-OH is 1. The molecule has 1 aromatic carbocycles. The lowest BCUT2D eigenvalue weighted by Crippen LogP contribution is -2.50. The third-order valence-corrected chi connectivity index (χ3v) is 11.1. The predicted octanol–water partition coefficient (Wildman–Crippen LogP) is 6.48. The fraction of sp³-hybridized carbons (Fsp3) is 0.742. The van der Waals surface area contributed by atoms with Gasteiger partial charge in [-0.05, 0) is 136 Å². The summed E-state index contributed by atoms with van der Waals surface area (Å²) >= 11 is 0. The van der Waals surface area contributed by atoms with Crippen molar-refractivity contribution in [2.24, 2.45) is 16.7 Å². The molecule has 4 aliphatic rings. The molecule has 2 saturated carbocycles. The van der Waals surface area contributed by atoms with Gasteiger partial charge in [-0.1, -0.05) is 44.4 Å². The first-order valence-corrected chi connectivity index (χ1v) is 16.6. The van der Waals surface area contributed by atoms with E-state index in [1.165, 1.54) is 75.7 Å². The molecule has 7 heteroatoms. The van der Waals surface area contributed by atoms with Gasteiger partial charge in [-0.15, -0.1) is 0 Å². The van der Waals surface area contributed by atoms with Crippen LogP contribution in [0.5, 0.6) is 0 Å². The van der Waals surface area contributed by atoms with Crippen molar-refractivity contribution in [1.82, 2.24) is 4.90 Å². The molecule has 38 heavy (non-hydrogen) atoms. The molecule has 1 aliphatic heterocycles. The van der Waals surface area contributed by atoms with Crippen LogP contribution < -0.4 is 4.72 Å². The van der Waals surface area contributed by atoms with Gasteiger partial charge in [-0.2, -0.15) is 8.42 Å². The van der Waals surface area contributed by atoms with Gasteiger partial charge in [-0.3, -0.25) is 9.27 Å². The van der Waals surface area contributed by atoms with Crippen LogP contribution >= 0.6 is 0 Å². The van der Waals surface area contributed by atoms with Crippen LogP contribution in [0.15, 0.2) is 30.4 Å². The maximum Gasteiger partial charge on any atom is 0.357 e. The Morgan fingerprint density at radius 2 is 1.84 bits per heavy atom. The Morgan fingerprint density at radius 3 is 2.63 bits per heavy atom. The Bertz CT molecular complexity index is 1100. The highest BCUT2D eigenvalue weighted by Crippen LogP contribution is 2.67. The van der Waals surface area contributed by atoms with E-state index in [-0.39, 0.29) is 16.9 Å². The van der Waals surface area contributed by atoms with Crippen LogP contribution in [-0.2, 0) is 16.7 Å². The lowest BCUT2D eigenvalue weighted by Gasteiger charge is -2.57. The summed E-state index contributed by atoms with van der Waals surface area (Å²) in [6.07, 6.45) is 21.2. The molecule has 5 atom stereocenters. The van der Waals surface area contributed by atoms with Crippen LogP contribution in [0.25, 0.3) is 0 Å². The quantitative estimate of drug-likeness (QED) is 0.178. The standard InChI is InChI=1S/C31H48N2O4S/c1-30-18-16-27-26-12-11-25(32-38(35,36)37)23-24(26)15-19-31(27,28(30)13-14-29(30)34)17-7-4-2-3-5-8-20-33-21-9-6-10-22-33/h7,11-12,17,23,27-29,32,34H,2-6,8-10,13-16,18-22H2,1H3,(H,35,36,37)/t27?,28?,29-,30-,31?/m0/s1. The van der Waals surface area contributed by atoms with E-state index in [1.54, 1.807) is 6.07 Å². The summed E-state index contributed by atoms with van der Waals surface area (Å²) in [5, 5.41) is 11.0. The molecule has 6 nitrogen and oxygen atoms in total. The van der Waals surface area contributed by atoms with Gasteiger partial charge in [0.15, 0.2) is 0 Å². The van der Waals surface area contributed by atoms with Crippen molar-refractivity contribution < 1.29 is 18.1 Å². The number of anilines is 1. The zero-order valence-electron chi connectivity index (χ0n) is 23.2. The molecule has 0 radical (unpaired) electrons. The second-order valence-electron chi connectivity index (χ2n) is 12.9. The summed E-state index contributed by atoms with van der Waals surface area (Å²) in [6, 6.07) is 5.76. The molecular weight excluding hydrogens is 496 g/mol. The number of hydrogen-bond acceptors (Lipinski definition) is 4. The molecule has 3 unspecified atom stereocenters. The Balaban J connectivity index is 1.26. The molecule has 3 N–H and O–H groups in total. The van der Waals surface area contributed by atoms with Crippen LogP contribution in [0.2, 0.25) is 0 Å². The minimum atomic E-state index is -4.29. The van der Waals surface area contributed by atoms with Crippen LogP contribution in [0.4, 0.5) is 5.69 Å². The summed E-state index contributed by atoms with van der Waals surface area (Å²) in [5.74, 6) is 0.850. The summed E-state index contributed by atoms with van der Waals surface area (Å²) in [4.78, 5) is 2.64. The van der Waals surface area contributed by atoms with Gasteiger partial charge in [-0.25, -0.2) is 0 Å². The smallest absolute Gasteiger partial charge is 0.357 e. The number of aryl methyl sites for hydroxylation is 1. The highest BCUT2D eigenvalue weighted by Gasteiger charge is 2.60. The van der Waals surface area contributed by atoms with Gasteiger partial charge in [0.2, 0.25) is 0 Å². The van der Waals surface area contributed by atoms with Crippen molar-refractivity contribution in [2.45, 2.75) is 109 Å². The van der Waals surface area contributed by atoms with Crippen molar-refractivity contribution in [2.75, 3.05) is 24.4 Å². The minimum Gasteiger partial charge on any atom is -0.393 e. The lowest BCUT2D eigenvalue weighted by molar-refractivity contribution is -0.0530. The minimum absolute atomic E-state index is 0.0285. The molecule has 5 rings (SSSR count). The van der Waals surface area contributed by atoms with Crippen LogP contribution in [0.1, 0.15) is 107 Å². The molecule has 0 spiro atoms. The Hall–Kier alpha value is -1.41. The molecule has 3 aliphatic carbocycles. The molecule has 1 aromatic rings. The first kappa shape index (κ1) is 28.1. The molecule has 0 amide bonds. The summed E-state index contributed by atoms with van der Waals surface area (Å²) in [6.45, 7) is 6.17. The topological polar surface area (TPSA) is 89.9 Å². The van der Waals surface area contributed by atoms with Gasteiger partial charge in [0.1, 0.15) is 0 Å². The largest absolute Gasteiger partial charge is 0.393 e. The number of hydrogen-bond donors (Lipinski definition) is 3. The second-order valence-corrected chi connectivity index (χ2v) is 14.0. The zero-order chi connectivity index (χ0) is 26.8. The number of nitrogens with zero attached hydrogens (tertiary/aromatic N) is 1. The third kappa shape index (κ3) is 5.86. The summed E-state index contributed by atoms with van der Waals surface area (Å²) < 4.78 is 34.2. The molecular formula is C31H48N2O4S. The van der Waals surface area contributed by atoms with E-state index in [0.29, 0.717) is 17.5 Å². The van der Waals surface area contributed by atoms with Crippen molar-refractivity contribution in [1.29, 1.82) is 0 Å². The maximum absolute atomic E-state index is 11.4. The Morgan fingerprint density at radius 1 is 1.05 bits per heavy atom. The number of likely N-dealkylation sites (tertiary alicyclic amines) is 1. The zero-order valence-corrected chi connectivity index (χ0v) is 24.0. The first-order chi connectivity index (χ1) is 18.2. The van der Waals surface area contributed by atoms with E-state index >= 15 is 0 Å². The first-order valence-electron chi connectivity index (χ1n) is 15.2. The molecule has 3 fully saturated rings. The van der Waals surface area contributed by atoms with Gasteiger partial charge >= 0.3 is 10.3 Å². The number of rotatable bonds is 10. The average molecular weight is 545 g/mol. The maximum atomic E-state index is 11.4. The highest BCUT2D eigenvalue weighted by atomic mass is 32.2. The Kier molecular flexibility index (Phi) is 8.59. The summed E-state index contributed by atoms with van der Waals surface area (Å²) in [5.41, 5.74) is 2.95. The van der Waals surface area contributed by atoms with Gasteiger partial charge in [0, 0.05) is 0 Å². The normalized spacial score (nSPS) is 33.6. The number of benzene rings is 1. The molecule has 0 bridgehead atoms. The van der Waals surface area contributed by atoms with Crippen molar-refractivity contribution in [3.8, 4) is 0 Å². The van der Waals surface area contributed by atoms with Crippen molar-refractivity contribution in [3.63, 3.8) is 0 Å². The number of piperidine rings is 1. The van der Waals surface area contributed by atoms with Crippen LogP contribution in [0.3, 0.4) is 0 Å².